The second-order valence-corrected chi connectivity index (χ2v) is 5.01. The number of carbonyl (C=O) groups is 1. The number of azide groups is 1. The Hall–Kier alpha value is -2.90. The fourth-order valence-corrected chi connectivity index (χ4v) is 2.08. The minimum absolute atomic E-state index is 0.0848. The van der Waals surface area contributed by atoms with Crippen LogP contribution in [-0.2, 0) is 6.18 Å². The van der Waals surface area contributed by atoms with E-state index in [-0.39, 0.29) is 22.1 Å². The Morgan fingerprint density at radius 1 is 1.20 bits per heavy atom. The molecular weight excluding hydrogens is 363 g/mol. The molecule has 0 atom stereocenters. The molecular formula is C15H9ClF3N3O3. The topological polar surface area (TPSA) is 84.3 Å². The predicted molar refractivity (Wildman–Crippen MR) is 83.0 cm³/mol. The van der Waals surface area contributed by atoms with Gasteiger partial charge in [-0.05, 0) is 41.0 Å². The van der Waals surface area contributed by atoms with Crippen LogP contribution in [0.1, 0.15) is 15.9 Å². The smallest absolute Gasteiger partial charge is 0.416 e. The summed E-state index contributed by atoms with van der Waals surface area (Å²) in [4.78, 5) is 14.2. The van der Waals surface area contributed by atoms with Gasteiger partial charge in [0.05, 0.1) is 23.3 Å². The van der Waals surface area contributed by atoms with Gasteiger partial charge in [-0.15, -0.1) is 0 Å². The molecule has 0 aromatic heterocycles. The minimum atomic E-state index is -4.55. The molecule has 130 valence electrons. The van der Waals surface area contributed by atoms with Crippen molar-refractivity contribution in [2.45, 2.75) is 6.18 Å². The van der Waals surface area contributed by atoms with E-state index in [2.05, 4.69) is 10.0 Å². The predicted octanol–water partition coefficient (Wildman–Crippen LogP) is 5.61. The molecule has 25 heavy (non-hydrogen) atoms. The van der Waals surface area contributed by atoms with Crippen LogP contribution in [0.5, 0.6) is 17.2 Å². The molecule has 0 heterocycles. The van der Waals surface area contributed by atoms with Crippen LogP contribution in [0, 0.1) is 0 Å². The van der Waals surface area contributed by atoms with Gasteiger partial charge in [0.2, 0.25) is 0 Å². The Kier molecular flexibility index (Phi) is 5.41. The lowest BCUT2D eigenvalue weighted by atomic mass is 10.1. The SMILES string of the molecule is COc1ccc(C(=O)N=[N+]=[N-])c(Oc2ccc(C(F)(F)F)cc2Cl)c1. The van der Waals surface area contributed by atoms with Gasteiger partial charge in [0, 0.05) is 11.0 Å². The summed E-state index contributed by atoms with van der Waals surface area (Å²) >= 11 is 5.83. The van der Waals surface area contributed by atoms with E-state index < -0.39 is 17.6 Å². The van der Waals surface area contributed by atoms with Crippen LogP contribution >= 0.6 is 11.6 Å². The van der Waals surface area contributed by atoms with E-state index in [9.17, 15) is 18.0 Å². The molecule has 2 rings (SSSR count). The number of hydrogen-bond acceptors (Lipinski definition) is 3. The highest BCUT2D eigenvalue weighted by Crippen LogP contribution is 2.38. The van der Waals surface area contributed by atoms with Gasteiger partial charge in [-0.3, -0.25) is 4.79 Å². The number of benzene rings is 2. The highest BCUT2D eigenvalue weighted by molar-refractivity contribution is 6.32. The van der Waals surface area contributed by atoms with Crippen LogP contribution in [-0.4, -0.2) is 13.0 Å². The minimum Gasteiger partial charge on any atom is -0.497 e. The molecule has 0 aliphatic rings. The van der Waals surface area contributed by atoms with Crippen molar-refractivity contribution in [2.75, 3.05) is 7.11 Å². The van der Waals surface area contributed by atoms with E-state index >= 15 is 0 Å². The maximum Gasteiger partial charge on any atom is 0.416 e. The molecule has 0 bridgehead atoms. The van der Waals surface area contributed by atoms with Crippen molar-refractivity contribution in [3.05, 3.63) is 63.0 Å². The number of rotatable bonds is 4. The van der Waals surface area contributed by atoms with Crippen molar-refractivity contribution in [2.24, 2.45) is 5.11 Å². The molecule has 0 aliphatic carbocycles. The molecule has 10 heteroatoms. The van der Waals surface area contributed by atoms with Crippen LogP contribution in [0.15, 0.2) is 41.5 Å². The molecule has 0 aliphatic heterocycles. The molecule has 0 saturated carbocycles. The van der Waals surface area contributed by atoms with Crippen molar-refractivity contribution < 1.29 is 27.4 Å². The highest BCUT2D eigenvalue weighted by atomic mass is 35.5. The Labute approximate surface area is 144 Å². The summed E-state index contributed by atoms with van der Waals surface area (Å²) < 4.78 is 48.5. The van der Waals surface area contributed by atoms with Crippen molar-refractivity contribution in [3.8, 4) is 17.2 Å². The highest BCUT2D eigenvalue weighted by Gasteiger charge is 2.31. The Morgan fingerprint density at radius 2 is 1.92 bits per heavy atom. The van der Waals surface area contributed by atoms with Crippen molar-refractivity contribution >= 4 is 17.5 Å². The summed E-state index contributed by atoms with van der Waals surface area (Å²) in [6, 6.07) is 6.55. The Morgan fingerprint density at radius 3 is 2.48 bits per heavy atom. The molecule has 0 spiro atoms. The molecule has 0 saturated heterocycles. The Bertz CT molecular complexity index is 865. The molecule has 2 aromatic rings. The van der Waals surface area contributed by atoms with Gasteiger partial charge in [0.1, 0.15) is 17.2 Å². The first-order valence-electron chi connectivity index (χ1n) is 6.58. The number of amides is 1. The summed E-state index contributed by atoms with van der Waals surface area (Å²) in [5, 5.41) is 2.65. The largest absolute Gasteiger partial charge is 0.497 e. The monoisotopic (exact) mass is 371 g/mol. The van der Waals surface area contributed by atoms with Crippen LogP contribution < -0.4 is 9.47 Å². The van der Waals surface area contributed by atoms with Gasteiger partial charge in [-0.2, -0.15) is 13.2 Å². The standard InChI is InChI=1S/C15H9ClF3N3O3/c1-24-9-3-4-10(14(23)21-22-20)13(7-9)25-12-5-2-8(6-11(12)16)15(17,18)19/h2-7H,1H3. The number of alkyl halides is 3. The molecule has 0 radical (unpaired) electrons. The summed E-state index contributed by atoms with van der Waals surface area (Å²) in [6.45, 7) is 0. The van der Waals surface area contributed by atoms with Gasteiger partial charge in [-0.25, -0.2) is 0 Å². The van der Waals surface area contributed by atoms with Crippen LogP contribution in [0.2, 0.25) is 5.02 Å². The number of methoxy groups -OCH3 is 1. The third-order valence-electron chi connectivity index (χ3n) is 3.03. The number of carbonyl (C=O) groups excluding carboxylic acids is 1. The van der Waals surface area contributed by atoms with Gasteiger partial charge in [0.15, 0.2) is 0 Å². The van der Waals surface area contributed by atoms with Crippen LogP contribution in [0.25, 0.3) is 10.4 Å². The van der Waals surface area contributed by atoms with E-state index in [1.807, 2.05) is 0 Å². The van der Waals surface area contributed by atoms with Crippen molar-refractivity contribution in [3.63, 3.8) is 0 Å². The fraction of sp³-hybridized carbons (Fsp3) is 0.133. The molecule has 2 aromatic carbocycles. The quantitative estimate of drug-likeness (QED) is 0.397. The zero-order valence-corrected chi connectivity index (χ0v) is 13.3. The molecule has 0 unspecified atom stereocenters. The fourth-order valence-electron chi connectivity index (χ4n) is 1.86. The molecule has 0 N–H and O–H groups in total. The van der Waals surface area contributed by atoms with Gasteiger partial charge in [0.25, 0.3) is 5.91 Å². The summed E-state index contributed by atoms with van der Waals surface area (Å²) in [5.41, 5.74) is 7.33. The summed E-state index contributed by atoms with van der Waals surface area (Å²) in [5.74, 6) is -0.810. The van der Waals surface area contributed by atoms with E-state index in [0.29, 0.717) is 11.8 Å². The third-order valence-corrected chi connectivity index (χ3v) is 3.33. The van der Waals surface area contributed by atoms with Crippen LogP contribution in [0.4, 0.5) is 13.2 Å². The van der Waals surface area contributed by atoms with E-state index in [1.165, 1.54) is 25.3 Å². The summed E-state index contributed by atoms with van der Waals surface area (Å²) in [7, 11) is 1.37. The normalized spacial score (nSPS) is 10.8. The maximum absolute atomic E-state index is 12.7. The zero-order valence-electron chi connectivity index (χ0n) is 12.5. The van der Waals surface area contributed by atoms with Gasteiger partial charge in [-0.1, -0.05) is 11.6 Å². The first kappa shape index (κ1) is 18.4. The molecule has 1 amide bonds. The number of hydrogen-bond donors (Lipinski definition) is 0. The molecule has 6 nitrogen and oxygen atoms in total. The number of halogens is 4. The Balaban J connectivity index is 2.45. The first-order valence-corrected chi connectivity index (χ1v) is 6.96. The third kappa shape index (κ3) is 4.34. The average molecular weight is 372 g/mol. The van der Waals surface area contributed by atoms with Gasteiger partial charge >= 0.3 is 6.18 Å². The first-order chi connectivity index (χ1) is 11.8. The molecule has 0 fully saturated rings. The van der Waals surface area contributed by atoms with Gasteiger partial charge < -0.3 is 9.47 Å². The van der Waals surface area contributed by atoms with Crippen molar-refractivity contribution in [1.82, 2.24) is 0 Å². The second kappa shape index (κ2) is 7.33. The summed E-state index contributed by atoms with van der Waals surface area (Å²) in [6.07, 6.45) is -4.55. The number of ether oxygens (including phenoxy) is 2. The van der Waals surface area contributed by atoms with E-state index in [0.717, 1.165) is 12.1 Å². The van der Waals surface area contributed by atoms with E-state index in [1.54, 1.807) is 0 Å². The second-order valence-electron chi connectivity index (χ2n) is 4.60. The van der Waals surface area contributed by atoms with Crippen LogP contribution in [0.3, 0.4) is 0 Å². The lowest BCUT2D eigenvalue weighted by Gasteiger charge is -2.13. The van der Waals surface area contributed by atoms with E-state index in [4.69, 9.17) is 26.6 Å². The lowest BCUT2D eigenvalue weighted by Crippen LogP contribution is -2.05. The number of nitrogens with zero attached hydrogens (tertiary/aromatic N) is 3. The lowest BCUT2D eigenvalue weighted by molar-refractivity contribution is -0.137. The van der Waals surface area contributed by atoms with Crippen molar-refractivity contribution in [1.29, 1.82) is 0 Å². The maximum atomic E-state index is 12.7. The zero-order chi connectivity index (χ0) is 18.6. The average Bonchev–Trinajstić information content (AvgIpc) is 2.55.